The minimum absolute atomic E-state index is 0.376. The molecule has 1 aliphatic rings. The number of thiophene rings is 1. The minimum Gasteiger partial charge on any atom is -0.356 e. The number of nitrogens with zero attached hydrogens (tertiary/aromatic N) is 2. The molecule has 0 radical (unpaired) electrons. The summed E-state index contributed by atoms with van der Waals surface area (Å²) >= 11 is 1.77. The second-order valence-electron chi connectivity index (χ2n) is 7.41. The van der Waals surface area contributed by atoms with Crippen molar-refractivity contribution in [1.29, 1.82) is 0 Å². The molecule has 1 fully saturated rings. The number of benzene rings is 1. The Morgan fingerprint density at radius 3 is 2.52 bits per heavy atom. The van der Waals surface area contributed by atoms with Crippen LogP contribution in [0.4, 0.5) is 0 Å². The van der Waals surface area contributed by atoms with Crippen LogP contribution in [0.25, 0.3) is 0 Å². The zero-order valence-electron chi connectivity index (χ0n) is 17.0. The lowest BCUT2D eigenvalue weighted by Gasteiger charge is -2.31. The fraction of sp³-hybridized carbons (Fsp3) is 0.476. The molecule has 0 bridgehead atoms. The highest BCUT2D eigenvalue weighted by Gasteiger charge is 2.29. The summed E-state index contributed by atoms with van der Waals surface area (Å²) in [5.41, 5.74) is 0. The summed E-state index contributed by atoms with van der Waals surface area (Å²) < 4.78 is 27.1. The third kappa shape index (κ3) is 5.81. The first-order valence-corrected chi connectivity index (χ1v) is 12.4. The maximum absolute atomic E-state index is 12.7. The van der Waals surface area contributed by atoms with Crippen molar-refractivity contribution in [2.45, 2.75) is 30.6 Å². The first-order valence-electron chi connectivity index (χ1n) is 10.0. The average Bonchev–Trinajstić information content (AvgIpc) is 3.30. The highest BCUT2D eigenvalue weighted by Crippen LogP contribution is 2.23. The lowest BCUT2D eigenvalue weighted by Crippen LogP contribution is -2.44. The molecule has 0 aliphatic carbocycles. The van der Waals surface area contributed by atoms with Crippen molar-refractivity contribution in [2.75, 3.05) is 33.2 Å². The van der Waals surface area contributed by atoms with Crippen LogP contribution in [-0.4, -0.2) is 51.9 Å². The van der Waals surface area contributed by atoms with Gasteiger partial charge >= 0.3 is 0 Å². The Morgan fingerprint density at radius 2 is 1.90 bits per heavy atom. The van der Waals surface area contributed by atoms with Gasteiger partial charge in [-0.2, -0.15) is 4.31 Å². The summed E-state index contributed by atoms with van der Waals surface area (Å²) in [4.78, 5) is 6.05. The van der Waals surface area contributed by atoms with E-state index in [1.807, 2.05) is 6.07 Å². The van der Waals surface area contributed by atoms with Gasteiger partial charge in [-0.05, 0) is 42.3 Å². The van der Waals surface area contributed by atoms with Crippen molar-refractivity contribution in [3.05, 3.63) is 52.7 Å². The van der Waals surface area contributed by atoms with Gasteiger partial charge in [0.05, 0.1) is 4.90 Å². The average molecular weight is 435 g/mol. The number of piperidine rings is 1. The summed E-state index contributed by atoms with van der Waals surface area (Å²) in [6, 6.07) is 12.9. The minimum atomic E-state index is -3.38. The lowest BCUT2D eigenvalue weighted by molar-refractivity contribution is 0.273. The number of nitrogens with one attached hydrogen (secondary N) is 2. The molecule has 0 saturated carbocycles. The predicted molar refractivity (Wildman–Crippen MR) is 120 cm³/mol. The van der Waals surface area contributed by atoms with E-state index >= 15 is 0 Å². The van der Waals surface area contributed by atoms with Gasteiger partial charge in [-0.1, -0.05) is 31.2 Å². The molecule has 0 amide bonds. The molecule has 6 nitrogen and oxygen atoms in total. The van der Waals surface area contributed by atoms with E-state index in [-0.39, 0.29) is 0 Å². The summed E-state index contributed by atoms with van der Waals surface area (Å²) in [5, 5.41) is 8.89. The molecule has 1 aliphatic heterocycles. The number of sulfonamides is 1. The topological polar surface area (TPSA) is 73.8 Å². The highest BCUT2D eigenvalue weighted by molar-refractivity contribution is 7.89. The Hall–Kier alpha value is -1.90. The summed E-state index contributed by atoms with van der Waals surface area (Å²) in [7, 11) is -1.61. The van der Waals surface area contributed by atoms with E-state index in [1.165, 1.54) is 4.88 Å². The molecule has 1 aromatic heterocycles. The smallest absolute Gasteiger partial charge is 0.243 e. The second-order valence-corrected chi connectivity index (χ2v) is 10.3. The van der Waals surface area contributed by atoms with Gasteiger partial charge in [-0.25, -0.2) is 8.42 Å². The van der Waals surface area contributed by atoms with Crippen LogP contribution in [0.3, 0.4) is 0 Å². The van der Waals surface area contributed by atoms with Crippen LogP contribution in [0, 0.1) is 5.92 Å². The van der Waals surface area contributed by atoms with Crippen molar-refractivity contribution in [3.8, 4) is 0 Å². The Morgan fingerprint density at radius 1 is 1.17 bits per heavy atom. The van der Waals surface area contributed by atoms with Gasteiger partial charge in [0.1, 0.15) is 0 Å². The van der Waals surface area contributed by atoms with E-state index in [4.69, 9.17) is 0 Å². The van der Waals surface area contributed by atoms with Gasteiger partial charge in [0.15, 0.2) is 5.96 Å². The predicted octanol–water partition coefficient (Wildman–Crippen LogP) is 3.12. The van der Waals surface area contributed by atoms with Crippen LogP contribution in [0.5, 0.6) is 0 Å². The molecule has 2 heterocycles. The van der Waals surface area contributed by atoms with Gasteiger partial charge in [0.25, 0.3) is 0 Å². The summed E-state index contributed by atoms with van der Waals surface area (Å²) in [5.74, 6) is 1.67. The number of hydrogen-bond donors (Lipinski definition) is 2. The number of rotatable bonds is 7. The highest BCUT2D eigenvalue weighted by atomic mass is 32.2. The van der Waals surface area contributed by atoms with Crippen molar-refractivity contribution < 1.29 is 8.42 Å². The number of hydrogen-bond acceptors (Lipinski definition) is 4. The Balaban J connectivity index is 1.43. The molecule has 158 valence electrons. The van der Waals surface area contributed by atoms with Crippen molar-refractivity contribution in [1.82, 2.24) is 14.9 Å². The van der Waals surface area contributed by atoms with Gasteiger partial charge in [0.2, 0.25) is 10.0 Å². The van der Waals surface area contributed by atoms with Gasteiger partial charge in [-0.15, -0.1) is 11.3 Å². The second kappa shape index (κ2) is 10.2. The quantitative estimate of drug-likeness (QED) is 0.519. The maximum Gasteiger partial charge on any atom is 0.243 e. The van der Waals surface area contributed by atoms with Gasteiger partial charge < -0.3 is 10.6 Å². The molecular formula is C21H30N4O2S2. The normalized spacial score (nSPS) is 17.8. The number of guanidine groups is 1. The molecule has 8 heteroatoms. The Bertz CT molecular complexity index is 875. The van der Waals surface area contributed by atoms with Crippen LogP contribution < -0.4 is 10.6 Å². The molecular weight excluding hydrogens is 404 g/mol. The van der Waals surface area contributed by atoms with Crippen molar-refractivity contribution in [2.24, 2.45) is 10.9 Å². The number of aliphatic imine (C=N–C) groups is 1. The fourth-order valence-corrected chi connectivity index (χ4v) is 5.76. The molecule has 29 heavy (non-hydrogen) atoms. The SMILES string of the molecule is CN=C(NCC1CCN(S(=O)(=O)c2ccccc2)CC1)NCC(C)c1cccs1. The Labute approximate surface area is 178 Å². The van der Waals surface area contributed by atoms with E-state index in [0.717, 1.165) is 31.9 Å². The standard InChI is InChI=1S/C21H30N4O2S2/c1-17(20-9-6-14-28-20)15-23-21(22-2)24-16-18-10-12-25(13-11-18)29(26,27)19-7-4-3-5-8-19/h3-9,14,17-18H,10-13,15-16H2,1-2H3,(H2,22,23,24). The van der Waals surface area contributed by atoms with Crippen LogP contribution in [0.1, 0.15) is 30.6 Å². The van der Waals surface area contributed by atoms with E-state index in [9.17, 15) is 8.42 Å². The summed E-state index contributed by atoms with van der Waals surface area (Å²) in [6.45, 7) is 4.95. The molecule has 3 rings (SSSR count). The molecule has 2 aromatic rings. The Kier molecular flexibility index (Phi) is 7.69. The molecule has 1 unspecified atom stereocenters. The first-order chi connectivity index (χ1) is 14.0. The molecule has 0 spiro atoms. The van der Waals surface area contributed by atoms with Gasteiger partial charge in [0, 0.05) is 44.0 Å². The van der Waals surface area contributed by atoms with Crippen LogP contribution in [0.15, 0.2) is 57.7 Å². The van der Waals surface area contributed by atoms with Crippen LogP contribution >= 0.6 is 11.3 Å². The maximum atomic E-state index is 12.7. The van der Waals surface area contributed by atoms with Gasteiger partial charge in [-0.3, -0.25) is 4.99 Å². The van der Waals surface area contributed by atoms with Crippen molar-refractivity contribution >= 4 is 27.3 Å². The van der Waals surface area contributed by atoms with E-state index in [1.54, 1.807) is 47.0 Å². The monoisotopic (exact) mass is 434 g/mol. The summed E-state index contributed by atoms with van der Waals surface area (Å²) in [6.07, 6.45) is 1.70. The third-order valence-electron chi connectivity index (χ3n) is 5.34. The molecule has 1 atom stereocenters. The zero-order chi connectivity index (χ0) is 20.7. The zero-order valence-corrected chi connectivity index (χ0v) is 18.7. The van der Waals surface area contributed by atoms with E-state index in [2.05, 4.69) is 40.1 Å². The van der Waals surface area contributed by atoms with Crippen molar-refractivity contribution in [3.63, 3.8) is 0 Å². The van der Waals surface area contributed by atoms with Crippen LogP contribution in [0.2, 0.25) is 0 Å². The van der Waals surface area contributed by atoms with E-state index in [0.29, 0.717) is 29.8 Å². The largest absolute Gasteiger partial charge is 0.356 e. The van der Waals surface area contributed by atoms with Crippen LogP contribution in [-0.2, 0) is 10.0 Å². The first kappa shape index (κ1) is 21.8. The third-order valence-corrected chi connectivity index (χ3v) is 8.36. The van der Waals surface area contributed by atoms with E-state index < -0.39 is 10.0 Å². The lowest BCUT2D eigenvalue weighted by atomic mass is 9.98. The molecule has 2 N–H and O–H groups in total. The molecule has 1 aromatic carbocycles. The fourth-order valence-electron chi connectivity index (χ4n) is 3.48. The molecule has 1 saturated heterocycles.